The molecule has 1 fully saturated rings. The van der Waals surface area contributed by atoms with Crippen molar-refractivity contribution in [1.29, 1.82) is 0 Å². The summed E-state index contributed by atoms with van der Waals surface area (Å²) in [5, 5.41) is 16.0. The van der Waals surface area contributed by atoms with Crippen LogP contribution in [-0.4, -0.2) is 16.2 Å². The fourth-order valence-corrected chi connectivity index (χ4v) is 2.11. The van der Waals surface area contributed by atoms with E-state index in [9.17, 15) is 9.90 Å². The van der Waals surface area contributed by atoms with E-state index < -0.39 is 5.91 Å². The van der Waals surface area contributed by atoms with E-state index >= 15 is 0 Å². The number of anilines is 1. The Morgan fingerprint density at radius 3 is 2.95 bits per heavy atom. The summed E-state index contributed by atoms with van der Waals surface area (Å²) in [5.41, 5.74) is 0.552. The highest BCUT2D eigenvalue weighted by Gasteiger charge is 2.29. The molecule has 2 N–H and O–H groups in total. The summed E-state index contributed by atoms with van der Waals surface area (Å²) in [7, 11) is 0. The van der Waals surface area contributed by atoms with Gasteiger partial charge in [-0.1, -0.05) is 21.1 Å². The van der Waals surface area contributed by atoms with Gasteiger partial charge in [0.15, 0.2) is 5.69 Å². The van der Waals surface area contributed by atoms with Crippen LogP contribution in [0.15, 0.2) is 33.3 Å². The Balaban J connectivity index is 1.77. The number of carbonyl (C=O) groups is 1. The van der Waals surface area contributed by atoms with Crippen LogP contribution >= 0.6 is 15.9 Å². The fourth-order valence-electron chi connectivity index (χ4n) is 1.75. The van der Waals surface area contributed by atoms with Crippen LogP contribution in [-0.2, 0) is 0 Å². The molecule has 1 aliphatic carbocycles. The number of aromatic nitrogens is 1. The largest absolute Gasteiger partial charge is 0.506 e. The SMILES string of the molecule is O=C(Nc1cc(Br)ccc1O)c1cc(C2CC2)on1. The normalized spacial score (nSPS) is 14.4. The standard InChI is InChI=1S/C13H11BrN2O3/c14-8-3-4-11(17)9(5-8)15-13(18)10-6-12(19-16-10)7-1-2-7/h3-7,17H,1-2H2,(H,15,18). The van der Waals surface area contributed by atoms with Gasteiger partial charge in [0, 0.05) is 16.5 Å². The first kappa shape index (κ1) is 12.2. The molecule has 1 saturated carbocycles. The molecule has 0 aliphatic heterocycles. The number of hydrogen-bond donors (Lipinski definition) is 2. The Labute approximate surface area is 117 Å². The maximum atomic E-state index is 12.0. The highest BCUT2D eigenvalue weighted by Crippen LogP contribution is 2.40. The number of amides is 1. The number of rotatable bonds is 3. The van der Waals surface area contributed by atoms with Crippen molar-refractivity contribution in [3.05, 3.63) is 40.2 Å². The van der Waals surface area contributed by atoms with Gasteiger partial charge in [-0.25, -0.2) is 0 Å². The third-order valence-electron chi connectivity index (χ3n) is 2.95. The number of phenols is 1. The van der Waals surface area contributed by atoms with E-state index in [0.29, 0.717) is 11.6 Å². The Morgan fingerprint density at radius 2 is 2.21 bits per heavy atom. The second-order valence-corrected chi connectivity index (χ2v) is 5.42. The second-order valence-electron chi connectivity index (χ2n) is 4.50. The molecule has 0 atom stereocenters. The minimum atomic E-state index is -0.399. The van der Waals surface area contributed by atoms with Gasteiger partial charge in [-0.3, -0.25) is 4.79 Å². The Kier molecular flexibility index (Phi) is 3.02. The quantitative estimate of drug-likeness (QED) is 0.850. The maximum Gasteiger partial charge on any atom is 0.277 e. The Bertz CT molecular complexity index is 635. The topological polar surface area (TPSA) is 75.4 Å². The number of hydrogen-bond acceptors (Lipinski definition) is 4. The molecule has 0 radical (unpaired) electrons. The van der Waals surface area contributed by atoms with Crippen molar-refractivity contribution in [3.8, 4) is 5.75 Å². The predicted octanol–water partition coefficient (Wildman–Crippen LogP) is 3.27. The number of phenolic OH excluding ortho intramolecular Hbond substituents is 1. The van der Waals surface area contributed by atoms with Crippen molar-refractivity contribution in [2.75, 3.05) is 5.32 Å². The Hall–Kier alpha value is -1.82. The molecule has 0 saturated heterocycles. The number of benzene rings is 1. The molecule has 6 heteroatoms. The van der Waals surface area contributed by atoms with Crippen LogP contribution in [0.4, 0.5) is 5.69 Å². The zero-order valence-electron chi connectivity index (χ0n) is 9.89. The van der Waals surface area contributed by atoms with E-state index in [1.54, 1.807) is 18.2 Å². The minimum Gasteiger partial charge on any atom is -0.506 e. The summed E-state index contributed by atoms with van der Waals surface area (Å²) in [6.45, 7) is 0. The molecule has 5 nitrogen and oxygen atoms in total. The average Bonchev–Trinajstić information content (AvgIpc) is 3.11. The fraction of sp³-hybridized carbons (Fsp3) is 0.231. The highest BCUT2D eigenvalue weighted by molar-refractivity contribution is 9.10. The third kappa shape index (κ3) is 2.63. The molecule has 0 spiro atoms. The lowest BCUT2D eigenvalue weighted by atomic mass is 10.2. The van der Waals surface area contributed by atoms with Crippen LogP contribution < -0.4 is 5.32 Å². The lowest BCUT2D eigenvalue weighted by molar-refractivity contribution is 0.101. The van der Waals surface area contributed by atoms with Crippen molar-refractivity contribution in [1.82, 2.24) is 5.16 Å². The molecular formula is C13H11BrN2O3. The molecule has 98 valence electrons. The molecule has 0 unspecified atom stereocenters. The minimum absolute atomic E-state index is 0.00228. The van der Waals surface area contributed by atoms with Gasteiger partial charge in [0.05, 0.1) is 5.69 Å². The molecule has 1 aliphatic rings. The van der Waals surface area contributed by atoms with Crippen LogP contribution in [0, 0.1) is 0 Å². The van der Waals surface area contributed by atoms with Gasteiger partial charge in [0.25, 0.3) is 5.91 Å². The molecule has 2 aromatic rings. The number of nitrogens with zero attached hydrogens (tertiary/aromatic N) is 1. The highest BCUT2D eigenvalue weighted by atomic mass is 79.9. The van der Waals surface area contributed by atoms with E-state index in [4.69, 9.17) is 4.52 Å². The lowest BCUT2D eigenvalue weighted by Crippen LogP contribution is -2.12. The summed E-state index contributed by atoms with van der Waals surface area (Å²) < 4.78 is 5.88. The summed E-state index contributed by atoms with van der Waals surface area (Å²) in [5.74, 6) is 0.767. The second kappa shape index (κ2) is 4.70. The third-order valence-corrected chi connectivity index (χ3v) is 3.44. The van der Waals surface area contributed by atoms with Crippen LogP contribution in [0.5, 0.6) is 5.75 Å². The molecule has 3 rings (SSSR count). The van der Waals surface area contributed by atoms with Gasteiger partial charge < -0.3 is 14.9 Å². The van der Waals surface area contributed by atoms with Crippen LogP contribution in [0.2, 0.25) is 0 Å². The van der Waals surface area contributed by atoms with Gasteiger partial charge >= 0.3 is 0 Å². The van der Waals surface area contributed by atoms with Gasteiger partial charge in [0.1, 0.15) is 11.5 Å². The monoisotopic (exact) mass is 322 g/mol. The van der Waals surface area contributed by atoms with Crippen LogP contribution in [0.25, 0.3) is 0 Å². The summed E-state index contributed by atoms with van der Waals surface area (Å²) in [6, 6.07) is 6.46. The molecule has 1 amide bonds. The van der Waals surface area contributed by atoms with Crippen molar-refractivity contribution in [3.63, 3.8) is 0 Å². The van der Waals surface area contributed by atoms with E-state index in [2.05, 4.69) is 26.4 Å². The summed E-state index contributed by atoms with van der Waals surface area (Å²) in [4.78, 5) is 12.0. The lowest BCUT2D eigenvalue weighted by Gasteiger charge is -2.05. The van der Waals surface area contributed by atoms with Crippen molar-refractivity contribution in [2.24, 2.45) is 0 Å². The first-order valence-electron chi connectivity index (χ1n) is 5.90. The average molecular weight is 323 g/mol. The number of halogens is 1. The van der Waals surface area contributed by atoms with Crippen molar-refractivity contribution in [2.45, 2.75) is 18.8 Å². The molecule has 19 heavy (non-hydrogen) atoms. The molecular weight excluding hydrogens is 312 g/mol. The zero-order chi connectivity index (χ0) is 13.4. The van der Waals surface area contributed by atoms with E-state index in [1.807, 2.05) is 0 Å². The Morgan fingerprint density at radius 1 is 1.42 bits per heavy atom. The van der Waals surface area contributed by atoms with Gasteiger partial charge in [-0.2, -0.15) is 0 Å². The number of aromatic hydroxyl groups is 1. The van der Waals surface area contributed by atoms with Gasteiger partial charge in [-0.05, 0) is 31.0 Å². The van der Waals surface area contributed by atoms with Gasteiger partial charge in [-0.15, -0.1) is 0 Å². The van der Waals surface area contributed by atoms with Crippen LogP contribution in [0.3, 0.4) is 0 Å². The van der Waals surface area contributed by atoms with Crippen molar-refractivity contribution >= 4 is 27.5 Å². The van der Waals surface area contributed by atoms with E-state index in [-0.39, 0.29) is 11.4 Å². The van der Waals surface area contributed by atoms with Crippen LogP contribution in [0.1, 0.15) is 35.0 Å². The predicted molar refractivity (Wildman–Crippen MR) is 72.2 cm³/mol. The summed E-state index contributed by atoms with van der Waals surface area (Å²) in [6.07, 6.45) is 2.17. The molecule has 1 aromatic carbocycles. The number of carbonyl (C=O) groups excluding carboxylic acids is 1. The van der Waals surface area contributed by atoms with Crippen molar-refractivity contribution < 1.29 is 14.4 Å². The first-order chi connectivity index (χ1) is 9.13. The summed E-state index contributed by atoms with van der Waals surface area (Å²) >= 11 is 3.28. The first-order valence-corrected chi connectivity index (χ1v) is 6.69. The van der Waals surface area contributed by atoms with E-state index in [1.165, 1.54) is 6.07 Å². The molecule has 1 aromatic heterocycles. The molecule has 0 bridgehead atoms. The number of nitrogens with one attached hydrogen (secondary N) is 1. The maximum absolute atomic E-state index is 12.0. The van der Waals surface area contributed by atoms with E-state index in [0.717, 1.165) is 23.1 Å². The molecule has 1 heterocycles. The smallest absolute Gasteiger partial charge is 0.277 e. The zero-order valence-corrected chi connectivity index (χ0v) is 11.5. The van der Waals surface area contributed by atoms with Gasteiger partial charge in [0.2, 0.25) is 0 Å².